The minimum atomic E-state index is 0.0381. The van der Waals surface area contributed by atoms with Crippen LogP contribution >= 0.6 is 0 Å². The molecule has 0 fully saturated rings. The fourth-order valence-corrected chi connectivity index (χ4v) is 1.41. The van der Waals surface area contributed by atoms with E-state index in [9.17, 15) is 0 Å². The van der Waals surface area contributed by atoms with Gasteiger partial charge in [0.2, 0.25) is 0 Å². The summed E-state index contributed by atoms with van der Waals surface area (Å²) in [5.41, 5.74) is 1.03. The lowest BCUT2D eigenvalue weighted by molar-refractivity contribution is 0.402. The molecule has 1 N–H and O–H groups in total. The van der Waals surface area contributed by atoms with Crippen molar-refractivity contribution in [1.82, 2.24) is 5.32 Å². The van der Waals surface area contributed by atoms with Gasteiger partial charge in [0, 0.05) is 11.6 Å². The van der Waals surface area contributed by atoms with Crippen LogP contribution in [0.1, 0.15) is 18.0 Å². The summed E-state index contributed by atoms with van der Waals surface area (Å²) in [4.78, 5) is 0. The first kappa shape index (κ1) is 10.6. The van der Waals surface area contributed by atoms with E-state index in [1.54, 1.807) is 7.11 Å². The molecule has 14 heavy (non-hydrogen) atoms. The molecule has 0 amide bonds. The van der Waals surface area contributed by atoms with Gasteiger partial charge in [0.05, 0.1) is 19.6 Å². The second kappa shape index (κ2) is 5.25. The Morgan fingerprint density at radius 3 is 2.79 bits per heavy atom. The third-order valence-corrected chi connectivity index (χ3v) is 2.16. The zero-order valence-corrected chi connectivity index (χ0v) is 8.45. The monoisotopic (exact) mass is 190 g/mol. The summed E-state index contributed by atoms with van der Waals surface area (Å²) in [5.74, 6) is 0.821. The Labute approximate surface area is 84.3 Å². The topological polar surface area (TPSA) is 45.0 Å². The molecular weight excluding hydrogens is 176 g/mol. The summed E-state index contributed by atoms with van der Waals surface area (Å²) >= 11 is 0. The van der Waals surface area contributed by atoms with Crippen LogP contribution in [0.25, 0.3) is 0 Å². The van der Waals surface area contributed by atoms with Crippen molar-refractivity contribution in [3.63, 3.8) is 0 Å². The van der Waals surface area contributed by atoms with E-state index in [4.69, 9.17) is 10.00 Å². The van der Waals surface area contributed by atoms with E-state index in [1.165, 1.54) is 0 Å². The van der Waals surface area contributed by atoms with Gasteiger partial charge in [-0.3, -0.25) is 0 Å². The van der Waals surface area contributed by atoms with Crippen molar-refractivity contribution in [2.24, 2.45) is 0 Å². The lowest BCUT2D eigenvalue weighted by Gasteiger charge is -2.16. The number of nitrogens with one attached hydrogen (secondary N) is 1. The number of hydrogen-bond acceptors (Lipinski definition) is 3. The van der Waals surface area contributed by atoms with Gasteiger partial charge < -0.3 is 10.1 Å². The normalized spacial score (nSPS) is 11.8. The van der Waals surface area contributed by atoms with Crippen molar-refractivity contribution in [2.75, 3.05) is 14.2 Å². The lowest BCUT2D eigenvalue weighted by Crippen LogP contribution is -2.16. The second-order valence-electron chi connectivity index (χ2n) is 2.95. The Balaban J connectivity index is 2.97. The first-order valence-electron chi connectivity index (χ1n) is 4.50. The number of para-hydroxylation sites is 1. The van der Waals surface area contributed by atoms with Crippen LogP contribution in [-0.2, 0) is 0 Å². The Morgan fingerprint density at radius 2 is 2.21 bits per heavy atom. The highest BCUT2D eigenvalue weighted by molar-refractivity contribution is 5.36. The summed E-state index contributed by atoms with van der Waals surface area (Å²) in [6.45, 7) is 0. The summed E-state index contributed by atoms with van der Waals surface area (Å²) in [6.07, 6.45) is 0.441. The van der Waals surface area contributed by atoms with E-state index in [0.29, 0.717) is 6.42 Å². The number of rotatable bonds is 4. The second-order valence-corrected chi connectivity index (χ2v) is 2.95. The molecule has 0 heterocycles. The molecule has 1 aromatic carbocycles. The third-order valence-electron chi connectivity index (χ3n) is 2.16. The number of ether oxygens (including phenoxy) is 1. The van der Waals surface area contributed by atoms with Crippen LogP contribution in [0.2, 0.25) is 0 Å². The number of hydrogen-bond donors (Lipinski definition) is 1. The standard InChI is InChI=1S/C11H14N2O/c1-13-10(7-8-12)9-5-3-4-6-11(9)14-2/h3-6,10,13H,7H2,1-2H3. The van der Waals surface area contributed by atoms with Crippen molar-refractivity contribution in [1.29, 1.82) is 5.26 Å². The molecule has 0 aliphatic rings. The largest absolute Gasteiger partial charge is 0.496 e. The van der Waals surface area contributed by atoms with Crippen LogP contribution < -0.4 is 10.1 Å². The summed E-state index contributed by atoms with van der Waals surface area (Å²) in [7, 11) is 3.48. The van der Waals surface area contributed by atoms with Crippen molar-refractivity contribution in [2.45, 2.75) is 12.5 Å². The first-order chi connectivity index (χ1) is 6.83. The van der Waals surface area contributed by atoms with Gasteiger partial charge in [0.15, 0.2) is 0 Å². The quantitative estimate of drug-likeness (QED) is 0.788. The van der Waals surface area contributed by atoms with Crippen molar-refractivity contribution < 1.29 is 4.74 Å². The van der Waals surface area contributed by atoms with E-state index in [0.717, 1.165) is 11.3 Å². The van der Waals surface area contributed by atoms with Gasteiger partial charge in [0.1, 0.15) is 5.75 Å². The third kappa shape index (κ3) is 2.24. The Bertz CT molecular complexity index is 330. The minimum absolute atomic E-state index is 0.0381. The van der Waals surface area contributed by atoms with Crippen LogP contribution in [0.5, 0.6) is 5.75 Å². The van der Waals surface area contributed by atoms with E-state index < -0.39 is 0 Å². The zero-order chi connectivity index (χ0) is 10.4. The molecular formula is C11H14N2O. The Kier molecular flexibility index (Phi) is 3.96. The van der Waals surface area contributed by atoms with Gasteiger partial charge in [-0.2, -0.15) is 5.26 Å². The fraction of sp³-hybridized carbons (Fsp3) is 0.364. The molecule has 0 saturated heterocycles. The predicted molar refractivity (Wildman–Crippen MR) is 55.0 cm³/mol. The molecule has 1 rings (SSSR count). The lowest BCUT2D eigenvalue weighted by atomic mass is 10.0. The Hall–Kier alpha value is -1.53. The summed E-state index contributed by atoms with van der Waals surface area (Å²) in [6, 6.07) is 9.92. The summed E-state index contributed by atoms with van der Waals surface area (Å²) in [5, 5.41) is 11.8. The maximum Gasteiger partial charge on any atom is 0.123 e. The predicted octanol–water partition coefficient (Wildman–Crippen LogP) is 1.87. The van der Waals surface area contributed by atoms with E-state index >= 15 is 0 Å². The molecule has 1 atom stereocenters. The maximum absolute atomic E-state index is 8.66. The van der Waals surface area contributed by atoms with Gasteiger partial charge in [-0.15, -0.1) is 0 Å². The highest BCUT2D eigenvalue weighted by Crippen LogP contribution is 2.26. The van der Waals surface area contributed by atoms with Gasteiger partial charge in [-0.25, -0.2) is 0 Å². The molecule has 0 saturated carbocycles. The van der Waals surface area contributed by atoms with Crippen LogP contribution in [0, 0.1) is 11.3 Å². The number of benzene rings is 1. The molecule has 3 heteroatoms. The average Bonchev–Trinajstić information content (AvgIpc) is 2.26. The van der Waals surface area contributed by atoms with Crippen LogP contribution in [0.3, 0.4) is 0 Å². The van der Waals surface area contributed by atoms with Crippen molar-refractivity contribution in [3.8, 4) is 11.8 Å². The molecule has 0 aromatic heterocycles. The van der Waals surface area contributed by atoms with Crippen LogP contribution in [0.15, 0.2) is 24.3 Å². The molecule has 3 nitrogen and oxygen atoms in total. The molecule has 0 aliphatic carbocycles. The smallest absolute Gasteiger partial charge is 0.123 e. The number of nitriles is 1. The highest BCUT2D eigenvalue weighted by Gasteiger charge is 2.12. The van der Waals surface area contributed by atoms with Gasteiger partial charge in [0.25, 0.3) is 0 Å². The molecule has 0 spiro atoms. The zero-order valence-electron chi connectivity index (χ0n) is 8.45. The van der Waals surface area contributed by atoms with E-state index in [2.05, 4.69) is 11.4 Å². The average molecular weight is 190 g/mol. The molecule has 74 valence electrons. The van der Waals surface area contributed by atoms with Crippen LogP contribution in [-0.4, -0.2) is 14.2 Å². The Morgan fingerprint density at radius 1 is 1.50 bits per heavy atom. The van der Waals surface area contributed by atoms with E-state index in [-0.39, 0.29) is 6.04 Å². The molecule has 1 unspecified atom stereocenters. The maximum atomic E-state index is 8.66. The minimum Gasteiger partial charge on any atom is -0.496 e. The SMILES string of the molecule is CNC(CC#N)c1ccccc1OC. The van der Waals surface area contributed by atoms with Crippen molar-refractivity contribution >= 4 is 0 Å². The van der Waals surface area contributed by atoms with Gasteiger partial charge in [-0.05, 0) is 13.1 Å². The first-order valence-corrected chi connectivity index (χ1v) is 4.50. The molecule has 1 aromatic rings. The molecule has 0 aliphatic heterocycles. The van der Waals surface area contributed by atoms with Crippen LogP contribution in [0.4, 0.5) is 0 Å². The summed E-state index contributed by atoms with van der Waals surface area (Å²) < 4.78 is 5.23. The van der Waals surface area contributed by atoms with Crippen molar-refractivity contribution in [3.05, 3.63) is 29.8 Å². The van der Waals surface area contributed by atoms with Gasteiger partial charge >= 0.3 is 0 Å². The fourth-order valence-electron chi connectivity index (χ4n) is 1.41. The molecule has 0 bridgehead atoms. The highest BCUT2D eigenvalue weighted by atomic mass is 16.5. The molecule has 0 radical (unpaired) electrons. The number of methoxy groups -OCH3 is 1. The van der Waals surface area contributed by atoms with Gasteiger partial charge in [-0.1, -0.05) is 18.2 Å². The van der Waals surface area contributed by atoms with E-state index in [1.807, 2.05) is 31.3 Å². The number of nitrogens with zero attached hydrogens (tertiary/aromatic N) is 1.